The van der Waals surface area contributed by atoms with Crippen molar-refractivity contribution >= 4 is 11.4 Å². The molecule has 88 valence electrons. The lowest BCUT2D eigenvalue weighted by molar-refractivity contribution is -0.384. The number of rotatable bonds is 4. The first kappa shape index (κ1) is 11.1. The van der Waals surface area contributed by atoms with Crippen molar-refractivity contribution in [3.63, 3.8) is 0 Å². The number of nitrogens with one attached hydrogen (secondary N) is 1. The number of aromatic nitrogens is 2. The van der Waals surface area contributed by atoms with Crippen molar-refractivity contribution in [3.8, 4) is 0 Å². The molecule has 1 aromatic carbocycles. The summed E-state index contributed by atoms with van der Waals surface area (Å²) >= 11 is 0. The average Bonchev–Trinajstić information content (AvgIpc) is 2.80. The number of non-ortho nitro benzene ring substituents is 1. The number of benzene rings is 1. The summed E-state index contributed by atoms with van der Waals surface area (Å²) in [7, 11) is 0. The molecule has 17 heavy (non-hydrogen) atoms. The van der Waals surface area contributed by atoms with Gasteiger partial charge in [0.15, 0.2) is 5.82 Å². The number of nitrogens with zero attached hydrogens (tertiary/aromatic N) is 3. The Hall–Kier alpha value is -2.44. The summed E-state index contributed by atoms with van der Waals surface area (Å²) in [5.74, 6) is 0.530. The van der Waals surface area contributed by atoms with Gasteiger partial charge in [-0.3, -0.25) is 10.1 Å². The van der Waals surface area contributed by atoms with Crippen molar-refractivity contribution in [2.75, 3.05) is 5.32 Å². The molecule has 0 atom stereocenters. The van der Waals surface area contributed by atoms with E-state index in [9.17, 15) is 10.1 Å². The van der Waals surface area contributed by atoms with Crippen LogP contribution in [-0.4, -0.2) is 15.1 Å². The molecular formula is C10H10N4O3. The Kier molecular flexibility index (Phi) is 2.99. The number of hydrogen-bond donors (Lipinski definition) is 1. The largest absolute Gasteiger partial charge is 0.377 e. The lowest BCUT2D eigenvalue weighted by Gasteiger charge is -2.06. The summed E-state index contributed by atoms with van der Waals surface area (Å²) in [6, 6.07) is 4.62. The molecule has 7 heteroatoms. The fourth-order valence-electron chi connectivity index (χ4n) is 1.40. The van der Waals surface area contributed by atoms with Crippen LogP contribution >= 0.6 is 0 Å². The molecule has 0 aliphatic heterocycles. The highest BCUT2D eigenvalue weighted by Gasteiger charge is 2.08. The highest BCUT2D eigenvalue weighted by atomic mass is 16.6. The van der Waals surface area contributed by atoms with Gasteiger partial charge in [-0.15, -0.1) is 0 Å². The smallest absolute Gasteiger partial charge is 0.269 e. The summed E-state index contributed by atoms with van der Waals surface area (Å²) in [4.78, 5) is 14.0. The number of anilines is 1. The fraction of sp³-hybridized carbons (Fsp3) is 0.200. The van der Waals surface area contributed by atoms with Crippen LogP contribution in [0.4, 0.5) is 11.4 Å². The first-order valence-corrected chi connectivity index (χ1v) is 4.91. The van der Waals surface area contributed by atoms with Gasteiger partial charge in [0.1, 0.15) is 0 Å². The van der Waals surface area contributed by atoms with E-state index in [4.69, 9.17) is 0 Å². The third-order valence-corrected chi connectivity index (χ3v) is 2.26. The number of aryl methyl sites for hydroxylation is 1. The zero-order valence-corrected chi connectivity index (χ0v) is 9.08. The van der Waals surface area contributed by atoms with Crippen molar-refractivity contribution in [2.24, 2.45) is 0 Å². The van der Waals surface area contributed by atoms with Crippen LogP contribution in [0, 0.1) is 17.0 Å². The Morgan fingerprint density at radius 3 is 2.94 bits per heavy atom. The van der Waals surface area contributed by atoms with Gasteiger partial charge in [0, 0.05) is 17.8 Å². The molecule has 1 aromatic heterocycles. The molecule has 0 aliphatic rings. The summed E-state index contributed by atoms with van der Waals surface area (Å²) < 4.78 is 4.59. The third-order valence-electron chi connectivity index (χ3n) is 2.26. The SMILES string of the molecule is Cc1cc([N+](=O)[O-])ccc1NCc1ncon1. The summed E-state index contributed by atoms with van der Waals surface area (Å²) in [6.07, 6.45) is 1.25. The van der Waals surface area contributed by atoms with Gasteiger partial charge < -0.3 is 9.84 Å². The average molecular weight is 234 g/mol. The monoisotopic (exact) mass is 234 g/mol. The van der Waals surface area contributed by atoms with Gasteiger partial charge in [-0.1, -0.05) is 5.16 Å². The van der Waals surface area contributed by atoms with Crippen LogP contribution in [0.15, 0.2) is 29.1 Å². The second kappa shape index (κ2) is 4.60. The van der Waals surface area contributed by atoms with E-state index in [1.54, 1.807) is 13.0 Å². The standard InChI is InChI=1S/C10H10N4O3/c1-7-4-8(14(15)16)2-3-9(7)11-5-10-12-6-17-13-10/h2-4,6,11H,5H2,1H3. The van der Waals surface area contributed by atoms with Crippen molar-refractivity contribution in [2.45, 2.75) is 13.5 Å². The van der Waals surface area contributed by atoms with E-state index >= 15 is 0 Å². The molecule has 2 rings (SSSR count). The maximum absolute atomic E-state index is 10.6. The lowest BCUT2D eigenvalue weighted by Crippen LogP contribution is -2.02. The molecule has 0 aliphatic carbocycles. The van der Waals surface area contributed by atoms with Crippen LogP contribution in [0.3, 0.4) is 0 Å². The Morgan fingerprint density at radius 2 is 2.35 bits per heavy atom. The summed E-state index contributed by atoms with van der Waals surface area (Å²) in [6.45, 7) is 2.21. The van der Waals surface area contributed by atoms with E-state index in [1.165, 1.54) is 18.5 Å². The molecule has 2 aromatic rings. The van der Waals surface area contributed by atoms with Gasteiger partial charge in [0.2, 0.25) is 6.39 Å². The van der Waals surface area contributed by atoms with Crippen LogP contribution in [-0.2, 0) is 6.54 Å². The minimum Gasteiger partial charge on any atom is -0.377 e. The molecule has 1 N–H and O–H groups in total. The molecule has 0 saturated carbocycles. The molecule has 0 saturated heterocycles. The van der Waals surface area contributed by atoms with E-state index in [-0.39, 0.29) is 5.69 Å². The van der Waals surface area contributed by atoms with Crippen molar-refractivity contribution < 1.29 is 9.45 Å². The van der Waals surface area contributed by atoms with E-state index in [2.05, 4.69) is 20.0 Å². The molecule has 0 unspecified atom stereocenters. The molecular weight excluding hydrogens is 224 g/mol. The molecule has 1 heterocycles. The third kappa shape index (κ3) is 2.57. The first-order valence-electron chi connectivity index (χ1n) is 4.91. The Balaban J connectivity index is 2.09. The quantitative estimate of drug-likeness (QED) is 0.641. The van der Waals surface area contributed by atoms with Crippen molar-refractivity contribution in [3.05, 3.63) is 46.1 Å². The van der Waals surface area contributed by atoms with E-state index < -0.39 is 4.92 Å². The minimum absolute atomic E-state index is 0.0765. The predicted octanol–water partition coefficient (Wildman–Crippen LogP) is 1.90. The molecule has 0 spiro atoms. The second-order valence-corrected chi connectivity index (χ2v) is 3.46. The van der Waals surface area contributed by atoms with Crippen LogP contribution in [0.5, 0.6) is 0 Å². The number of nitro benzene ring substituents is 1. The van der Waals surface area contributed by atoms with Crippen molar-refractivity contribution in [1.29, 1.82) is 0 Å². The molecule has 7 nitrogen and oxygen atoms in total. The highest BCUT2D eigenvalue weighted by Crippen LogP contribution is 2.21. The Morgan fingerprint density at radius 1 is 1.53 bits per heavy atom. The zero-order chi connectivity index (χ0) is 12.3. The molecule has 0 amide bonds. The first-order chi connectivity index (χ1) is 8.16. The summed E-state index contributed by atoms with van der Waals surface area (Å²) in [5, 5.41) is 17.3. The van der Waals surface area contributed by atoms with Gasteiger partial charge in [-0.25, -0.2) is 0 Å². The highest BCUT2D eigenvalue weighted by molar-refractivity contribution is 5.55. The van der Waals surface area contributed by atoms with E-state index in [0.717, 1.165) is 11.3 Å². The van der Waals surface area contributed by atoms with Gasteiger partial charge >= 0.3 is 0 Å². The van der Waals surface area contributed by atoms with E-state index in [1.807, 2.05) is 0 Å². The predicted molar refractivity (Wildman–Crippen MR) is 59.5 cm³/mol. The van der Waals surface area contributed by atoms with Crippen LogP contribution < -0.4 is 5.32 Å². The second-order valence-electron chi connectivity index (χ2n) is 3.46. The minimum atomic E-state index is -0.421. The molecule has 0 fully saturated rings. The number of hydrogen-bond acceptors (Lipinski definition) is 6. The molecule has 0 bridgehead atoms. The van der Waals surface area contributed by atoms with Gasteiger partial charge in [-0.05, 0) is 18.6 Å². The Labute approximate surface area is 96.6 Å². The van der Waals surface area contributed by atoms with Gasteiger partial charge in [0.25, 0.3) is 5.69 Å². The topological polar surface area (TPSA) is 94.1 Å². The maximum Gasteiger partial charge on any atom is 0.269 e. The van der Waals surface area contributed by atoms with Crippen LogP contribution in [0.2, 0.25) is 0 Å². The van der Waals surface area contributed by atoms with Crippen LogP contribution in [0.1, 0.15) is 11.4 Å². The van der Waals surface area contributed by atoms with Crippen LogP contribution in [0.25, 0.3) is 0 Å². The van der Waals surface area contributed by atoms with Crippen molar-refractivity contribution in [1.82, 2.24) is 10.1 Å². The van der Waals surface area contributed by atoms with Gasteiger partial charge in [-0.2, -0.15) is 4.98 Å². The maximum atomic E-state index is 10.6. The van der Waals surface area contributed by atoms with Gasteiger partial charge in [0.05, 0.1) is 11.5 Å². The Bertz CT molecular complexity index is 524. The number of nitro groups is 1. The zero-order valence-electron chi connectivity index (χ0n) is 9.08. The molecule has 0 radical (unpaired) electrons. The summed E-state index contributed by atoms with van der Waals surface area (Å²) in [5.41, 5.74) is 1.68. The lowest BCUT2D eigenvalue weighted by atomic mass is 10.2. The normalized spacial score (nSPS) is 10.2. The van der Waals surface area contributed by atoms with E-state index in [0.29, 0.717) is 12.4 Å². The fourth-order valence-corrected chi connectivity index (χ4v) is 1.40.